The Morgan fingerprint density at radius 3 is 2.71 bits per heavy atom. The Morgan fingerprint density at radius 2 is 2.00 bits per heavy atom. The molecule has 0 aliphatic carbocycles. The maximum absolute atomic E-state index is 11.0. The highest BCUT2D eigenvalue weighted by Crippen LogP contribution is 2.29. The normalized spacial score (nSPS) is 12.3. The molecule has 0 amide bonds. The van der Waals surface area contributed by atoms with Crippen LogP contribution in [-0.4, -0.2) is 37.4 Å². The molecule has 2 aromatic rings. The van der Waals surface area contributed by atoms with Crippen LogP contribution >= 0.6 is 0 Å². The predicted molar refractivity (Wildman–Crippen MR) is 80.6 cm³/mol. The van der Waals surface area contributed by atoms with E-state index in [1.165, 1.54) is 0 Å². The molecule has 0 fully saturated rings. The fourth-order valence-corrected chi connectivity index (χ4v) is 2.20. The van der Waals surface area contributed by atoms with Crippen LogP contribution in [0, 0.1) is 0 Å². The van der Waals surface area contributed by atoms with Gasteiger partial charge in [0.2, 0.25) is 0 Å². The Labute approximate surface area is 123 Å². The summed E-state index contributed by atoms with van der Waals surface area (Å²) in [5, 5.41) is 11.0. The molecule has 0 aliphatic rings. The Bertz CT molecular complexity index is 627. The Kier molecular flexibility index (Phi) is 5.14. The fourth-order valence-electron chi connectivity index (χ4n) is 2.20. The molecule has 0 aromatic heterocycles. The van der Waals surface area contributed by atoms with Crippen molar-refractivity contribution < 1.29 is 19.4 Å². The number of methoxy groups -OCH3 is 1. The van der Waals surface area contributed by atoms with Crippen molar-refractivity contribution in [2.45, 2.75) is 12.5 Å². The zero-order valence-electron chi connectivity index (χ0n) is 11.9. The van der Waals surface area contributed by atoms with Gasteiger partial charge in [0.25, 0.3) is 0 Å². The first-order valence-electron chi connectivity index (χ1n) is 6.74. The van der Waals surface area contributed by atoms with Gasteiger partial charge in [-0.05, 0) is 16.8 Å². The quantitative estimate of drug-likeness (QED) is 0.760. The van der Waals surface area contributed by atoms with Crippen molar-refractivity contribution in [3.8, 4) is 5.75 Å². The smallest absolute Gasteiger partial charge is 0.320 e. The number of carboxylic acids is 1. The van der Waals surface area contributed by atoms with E-state index < -0.39 is 12.0 Å². The third-order valence-electron chi connectivity index (χ3n) is 3.28. The zero-order chi connectivity index (χ0) is 15.2. The molecular formula is C16H19NO4. The van der Waals surface area contributed by atoms with Crippen molar-refractivity contribution in [2.75, 3.05) is 20.3 Å². The number of nitrogens with two attached hydrogens (primary N) is 1. The Balaban J connectivity index is 2.39. The van der Waals surface area contributed by atoms with Crippen molar-refractivity contribution in [1.82, 2.24) is 0 Å². The molecule has 0 aliphatic heterocycles. The summed E-state index contributed by atoms with van der Waals surface area (Å²) in [4.78, 5) is 11.0. The van der Waals surface area contributed by atoms with E-state index in [4.69, 9.17) is 20.3 Å². The van der Waals surface area contributed by atoms with Crippen LogP contribution in [0.5, 0.6) is 5.75 Å². The lowest BCUT2D eigenvalue weighted by molar-refractivity contribution is -0.138. The summed E-state index contributed by atoms with van der Waals surface area (Å²) in [6.07, 6.45) is 0.221. The highest BCUT2D eigenvalue weighted by atomic mass is 16.5. The maximum Gasteiger partial charge on any atom is 0.320 e. The molecular weight excluding hydrogens is 270 g/mol. The van der Waals surface area contributed by atoms with Gasteiger partial charge in [-0.25, -0.2) is 0 Å². The highest BCUT2D eigenvalue weighted by molar-refractivity contribution is 5.88. The number of ether oxygens (including phenoxy) is 2. The zero-order valence-corrected chi connectivity index (χ0v) is 11.9. The summed E-state index contributed by atoms with van der Waals surface area (Å²) in [7, 11) is 1.60. The van der Waals surface area contributed by atoms with Crippen molar-refractivity contribution in [1.29, 1.82) is 0 Å². The van der Waals surface area contributed by atoms with E-state index in [1.54, 1.807) is 7.11 Å². The van der Waals surface area contributed by atoms with Crippen molar-refractivity contribution >= 4 is 16.7 Å². The summed E-state index contributed by atoms with van der Waals surface area (Å²) in [6, 6.07) is 10.6. The van der Waals surface area contributed by atoms with Gasteiger partial charge >= 0.3 is 5.97 Å². The van der Waals surface area contributed by atoms with Gasteiger partial charge in [0.05, 0.1) is 6.61 Å². The molecule has 0 bridgehead atoms. The summed E-state index contributed by atoms with van der Waals surface area (Å²) < 4.78 is 10.7. The van der Waals surface area contributed by atoms with E-state index in [2.05, 4.69) is 0 Å². The van der Waals surface area contributed by atoms with Crippen LogP contribution in [0.15, 0.2) is 36.4 Å². The Morgan fingerprint density at radius 1 is 1.24 bits per heavy atom. The van der Waals surface area contributed by atoms with Crippen molar-refractivity contribution in [3.05, 3.63) is 42.0 Å². The standard InChI is InChI=1S/C16H19NO4/c1-20-8-9-21-15-7-6-11-4-2-3-5-12(11)13(15)10-14(17)16(18)19/h2-7,14H,8-10,17H2,1H3,(H,18,19). The molecule has 112 valence electrons. The first-order valence-corrected chi connectivity index (χ1v) is 6.74. The van der Waals surface area contributed by atoms with E-state index in [-0.39, 0.29) is 6.42 Å². The van der Waals surface area contributed by atoms with Crippen LogP contribution < -0.4 is 10.5 Å². The van der Waals surface area contributed by atoms with Crippen molar-refractivity contribution in [2.24, 2.45) is 5.73 Å². The summed E-state index contributed by atoms with van der Waals surface area (Å²) >= 11 is 0. The number of fused-ring (bicyclic) bond motifs is 1. The molecule has 0 spiro atoms. The van der Waals surface area contributed by atoms with Gasteiger partial charge in [-0.1, -0.05) is 30.3 Å². The van der Waals surface area contributed by atoms with Gasteiger partial charge in [-0.15, -0.1) is 0 Å². The van der Waals surface area contributed by atoms with Gasteiger partial charge in [-0.2, -0.15) is 0 Å². The maximum atomic E-state index is 11.0. The second kappa shape index (κ2) is 7.06. The third-order valence-corrected chi connectivity index (χ3v) is 3.28. The molecule has 2 rings (SSSR count). The lowest BCUT2D eigenvalue weighted by Gasteiger charge is -2.16. The number of carbonyl (C=O) groups is 1. The van der Waals surface area contributed by atoms with Gasteiger partial charge in [0.1, 0.15) is 18.4 Å². The van der Waals surface area contributed by atoms with Gasteiger partial charge < -0.3 is 20.3 Å². The number of benzene rings is 2. The lowest BCUT2D eigenvalue weighted by Crippen LogP contribution is -2.32. The molecule has 3 N–H and O–H groups in total. The largest absolute Gasteiger partial charge is 0.491 e. The average molecular weight is 289 g/mol. The molecule has 5 heteroatoms. The van der Waals surface area contributed by atoms with Crippen LogP contribution in [0.25, 0.3) is 10.8 Å². The highest BCUT2D eigenvalue weighted by Gasteiger charge is 2.17. The molecule has 0 radical (unpaired) electrons. The van der Waals surface area contributed by atoms with E-state index in [0.29, 0.717) is 19.0 Å². The summed E-state index contributed by atoms with van der Waals surface area (Å²) in [6.45, 7) is 0.876. The lowest BCUT2D eigenvalue weighted by atomic mass is 9.98. The van der Waals surface area contributed by atoms with Crippen molar-refractivity contribution in [3.63, 3.8) is 0 Å². The molecule has 2 aromatic carbocycles. The minimum atomic E-state index is -1.02. The van der Waals surface area contributed by atoms with Crippen LogP contribution in [0.3, 0.4) is 0 Å². The van der Waals surface area contributed by atoms with E-state index >= 15 is 0 Å². The third kappa shape index (κ3) is 3.71. The van der Waals surface area contributed by atoms with Gasteiger partial charge in [0.15, 0.2) is 0 Å². The monoisotopic (exact) mass is 289 g/mol. The SMILES string of the molecule is COCCOc1ccc2ccccc2c1CC(N)C(=O)O. The molecule has 1 atom stereocenters. The summed E-state index contributed by atoms with van der Waals surface area (Å²) in [5.41, 5.74) is 6.50. The molecule has 0 saturated heterocycles. The number of hydrogen-bond acceptors (Lipinski definition) is 4. The number of hydrogen-bond donors (Lipinski definition) is 2. The van der Waals surface area contributed by atoms with Crippen LogP contribution in [0.4, 0.5) is 0 Å². The number of rotatable bonds is 7. The molecule has 21 heavy (non-hydrogen) atoms. The second-order valence-corrected chi connectivity index (χ2v) is 4.75. The number of carboxylic acid groups (broad SMARTS) is 1. The first-order chi connectivity index (χ1) is 10.1. The topological polar surface area (TPSA) is 81.8 Å². The van der Waals surface area contributed by atoms with Crippen LogP contribution in [-0.2, 0) is 16.0 Å². The first kappa shape index (κ1) is 15.3. The fraction of sp³-hybridized carbons (Fsp3) is 0.312. The minimum absolute atomic E-state index is 0.221. The number of aliphatic carboxylic acids is 1. The Hall–Kier alpha value is -2.11. The molecule has 0 saturated carbocycles. The van der Waals surface area contributed by atoms with Crippen LogP contribution in [0.1, 0.15) is 5.56 Å². The van der Waals surface area contributed by atoms with Crippen LogP contribution in [0.2, 0.25) is 0 Å². The minimum Gasteiger partial charge on any atom is -0.491 e. The second-order valence-electron chi connectivity index (χ2n) is 4.75. The van der Waals surface area contributed by atoms with E-state index in [0.717, 1.165) is 16.3 Å². The molecule has 5 nitrogen and oxygen atoms in total. The predicted octanol–water partition coefficient (Wildman–Crippen LogP) is 1.82. The molecule has 1 unspecified atom stereocenters. The van der Waals surface area contributed by atoms with Gasteiger partial charge in [-0.3, -0.25) is 4.79 Å². The molecule has 0 heterocycles. The average Bonchev–Trinajstić information content (AvgIpc) is 2.49. The van der Waals surface area contributed by atoms with E-state index in [1.807, 2.05) is 36.4 Å². The van der Waals surface area contributed by atoms with Gasteiger partial charge in [0, 0.05) is 19.1 Å². The summed E-state index contributed by atoms with van der Waals surface area (Å²) in [5.74, 6) is -0.367. The van der Waals surface area contributed by atoms with E-state index in [9.17, 15) is 4.79 Å².